The van der Waals surface area contributed by atoms with Crippen LogP contribution in [-0.4, -0.2) is 28.6 Å². The number of aromatic nitrogens is 1. The largest absolute Gasteiger partial charge is 0.397 e. The Hall–Kier alpha value is -0.900. The third-order valence-corrected chi connectivity index (χ3v) is 4.32. The normalized spacial score (nSPS) is 20.5. The van der Waals surface area contributed by atoms with Crippen LogP contribution in [0.15, 0.2) is 18.5 Å². The first kappa shape index (κ1) is 11.6. The fourth-order valence-electron chi connectivity index (χ4n) is 1.90. The Kier molecular flexibility index (Phi) is 3.28. The molecule has 1 fully saturated rings. The summed E-state index contributed by atoms with van der Waals surface area (Å²) in [5, 5.41) is 0. The first-order chi connectivity index (χ1) is 7.57. The van der Waals surface area contributed by atoms with Gasteiger partial charge in [-0.2, -0.15) is 11.8 Å². The quantitative estimate of drug-likeness (QED) is 0.814. The van der Waals surface area contributed by atoms with E-state index in [1.165, 1.54) is 12.2 Å². The van der Waals surface area contributed by atoms with Crippen molar-refractivity contribution < 1.29 is 0 Å². The molecule has 0 saturated carbocycles. The molecule has 0 spiro atoms. The van der Waals surface area contributed by atoms with E-state index < -0.39 is 0 Å². The number of pyridine rings is 1. The van der Waals surface area contributed by atoms with Crippen molar-refractivity contribution in [2.45, 2.75) is 25.0 Å². The summed E-state index contributed by atoms with van der Waals surface area (Å²) >= 11 is 2.05. The van der Waals surface area contributed by atoms with Crippen molar-refractivity contribution >= 4 is 23.1 Å². The van der Waals surface area contributed by atoms with E-state index >= 15 is 0 Å². The summed E-state index contributed by atoms with van der Waals surface area (Å²) in [4.78, 5) is 6.53. The summed E-state index contributed by atoms with van der Waals surface area (Å²) in [6.07, 6.45) is 4.80. The molecule has 0 atom stereocenters. The van der Waals surface area contributed by atoms with Gasteiger partial charge in [-0.15, -0.1) is 0 Å². The van der Waals surface area contributed by atoms with E-state index in [1.54, 1.807) is 6.20 Å². The molecule has 0 bridgehead atoms. The number of nitrogens with two attached hydrogens (primary N) is 1. The van der Waals surface area contributed by atoms with Crippen LogP contribution >= 0.6 is 11.8 Å². The Balaban J connectivity index is 2.11. The van der Waals surface area contributed by atoms with Crippen LogP contribution in [0.25, 0.3) is 0 Å². The van der Waals surface area contributed by atoms with Gasteiger partial charge in [0, 0.05) is 29.8 Å². The average molecular weight is 237 g/mol. The maximum absolute atomic E-state index is 5.76. The molecule has 1 aliphatic rings. The highest BCUT2D eigenvalue weighted by Crippen LogP contribution is 2.32. The Morgan fingerprint density at radius 2 is 2.19 bits per heavy atom. The molecule has 0 aliphatic carbocycles. The molecule has 2 rings (SSSR count). The molecule has 4 heteroatoms. The maximum atomic E-state index is 5.76. The molecular formula is C12H19N3S. The third kappa shape index (κ3) is 2.82. The van der Waals surface area contributed by atoms with Crippen LogP contribution in [0.1, 0.15) is 20.3 Å². The highest BCUT2D eigenvalue weighted by Gasteiger charge is 2.23. The topological polar surface area (TPSA) is 42.2 Å². The number of hydrogen-bond donors (Lipinski definition) is 1. The van der Waals surface area contributed by atoms with Crippen molar-refractivity contribution in [1.82, 2.24) is 4.98 Å². The van der Waals surface area contributed by atoms with Gasteiger partial charge < -0.3 is 10.6 Å². The Morgan fingerprint density at radius 3 is 2.94 bits per heavy atom. The number of anilines is 2. The molecule has 0 aromatic carbocycles. The summed E-state index contributed by atoms with van der Waals surface area (Å²) in [5.74, 6) is 1.17. The fraction of sp³-hybridized carbons (Fsp3) is 0.583. The second-order valence-electron chi connectivity index (χ2n) is 4.82. The molecule has 3 nitrogen and oxygen atoms in total. The smallest absolute Gasteiger partial charge is 0.0573 e. The van der Waals surface area contributed by atoms with Gasteiger partial charge in [-0.25, -0.2) is 0 Å². The highest BCUT2D eigenvalue weighted by atomic mass is 32.2. The Bertz CT molecular complexity index is 365. The molecule has 88 valence electrons. The second kappa shape index (κ2) is 4.53. The standard InChI is InChI=1S/C12H19N3S/c1-12(2)3-4-15(5-6-16-12)11-7-10(13)8-14-9-11/h7-9H,3-6,13H2,1-2H3. The minimum atomic E-state index is 0.391. The average Bonchev–Trinajstić information content (AvgIpc) is 2.39. The number of thioether (sulfide) groups is 1. The summed E-state index contributed by atoms with van der Waals surface area (Å²) in [7, 11) is 0. The van der Waals surface area contributed by atoms with Gasteiger partial charge in [-0.05, 0) is 12.5 Å². The van der Waals surface area contributed by atoms with Gasteiger partial charge in [-0.1, -0.05) is 13.8 Å². The van der Waals surface area contributed by atoms with Gasteiger partial charge in [0.15, 0.2) is 0 Å². The molecule has 1 aliphatic heterocycles. The zero-order valence-electron chi connectivity index (χ0n) is 9.94. The number of nitrogen functional groups attached to an aromatic ring is 1. The highest BCUT2D eigenvalue weighted by molar-refractivity contribution is 8.00. The Morgan fingerprint density at radius 1 is 1.38 bits per heavy atom. The van der Waals surface area contributed by atoms with Gasteiger partial charge in [0.1, 0.15) is 0 Å². The van der Waals surface area contributed by atoms with Crippen molar-refractivity contribution in [1.29, 1.82) is 0 Å². The van der Waals surface area contributed by atoms with Gasteiger partial charge in [-0.3, -0.25) is 4.98 Å². The lowest BCUT2D eigenvalue weighted by Gasteiger charge is -2.24. The van der Waals surface area contributed by atoms with Crippen LogP contribution in [0.2, 0.25) is 0 Å². The molecule has 1 aromatic heterocycles. The molecule has 0 unspecified atom stereocenters. The molecule has 1 saturated heterocycles. The predicted octanol–water partition coefficient (Wildman–Crippen LogP) is 2.39. The molecule has 0 amide bonds. The third-order valence-electron chi connectivity index (χ3n) is 2.95. The van der Waals surface area contributed by atoms with Crippen molar-refractivity contribution in [3.05, 3.63) is 18.5 Å². The van der Waals surface area contributed by atoms with Gasteiger partial charge in [0.05, 0.1) is 17.6 Å². The van der Waals surface area contributed by atoms with Crippen LogP contribution in [-0.2, 0) is 0 Å². The molecule has 16 heavy (non-hydrogen) atoms. The lowest BCUT2D eigenvalue weighted by molar-refractivity contribution is 0.637. The van der Waals surface area contributed by atoms with Crippen LogP contribution in [0.4, 0.5) is 11.4 Å². The van der Waals surface area contributed by atoms with E-state index in [-0.39, 0.29) is 0 Å². The first-order valence-electron chi connectivity index (χ1n) is 5.66. The van der Waals surface area contributed by atoms with E-state index in [0.717, 1.165) is 24.5 Å². The fourth-order valence-corrected chi connectivity index (χ4v) is 3.00. The summed E-state index contributed by atoms with van der Waals surface area (Å²) in [6, 6.07) is 2.01. The van der Waals surface area contributed by atoms with Crippen LogP contribution in [0, 0.1) is 0 Å². The van der Waals surface area contributed by atoms with E-state index in [2.05, 4.69) is 35.5 Å². The van der Waals surface area contributed by atoms with Gasteiger partial charge in [0.2, 0.25) is 0 Å². The minimum Gasteiger partial charge on any atom is -0.397 e. The molecule has 1 aromatic rings. The van der Waals surface area contributed by atoms with Crippen molar-refractivity contribution in [3.8, 4) is 0 Å². The molecule has 0 radical (unpaired) electrons. The van der Waals surface area contributed by atoms with E-state index in [4.69, 9.17) is 5.73 Å². The lowest BCUT2D eigenvalue weighted by atomic mass is 10.1. The van der Waals surface area contributed by atoms with E-state index in [0.29, 0.717) is 4.75 Å². The van der Waals surface area contributed by atoms with Crippen LogP contribution < -0.4 is 10.6 Å². The monoisotopic (exact) mass is 237 g/mol. The predicted molar refractivity (Wildman–Crippen MR) is 72.0 cm³/mol. The van der Waals surface area contributed by atoms with E-state index in [9.17, 15) is 0 Å². The summed E-state index contributed by atoms with van der Waals surface area (Å²) in [6.45, 7) is 6.81. The zero-order chi connectivity index (χ0) is 11.6. The molecule has 2 heterocycles. The first-order valence-corrected chi connectivity index (χ1v) is 6.65. The van der Waals surface area contributed by atoms with Crippen LogP contribution in [0.3, 0.4) is 0 Å². The molecule has 2 N–H and O–H groups in total. The van der Waals surface area contributed by atoms with Crippen molar-refractivity contribution in [3.63, 3.8) is 0 Å². The minimum absolute atomic E-state index is 0.391. The summed E-state index contributed by atoms with van der Waals surface area (Å²) in [5.41, 5.74) is 7.66. The maximum Gasteiger partial charge on any atom is 0.0573 e. The zero-order valence-corrected chi connectivity index (χ0v) is 10.8. The SMILES string of the molecule is CC1(C)CCN(c2cncc(N)c2)CCS1. The number of hydrogen-bond acceptors (Lipinski definition) is 4. The summed E-state index contributed by atoms with van der Waals surface area (Å²) < 4.78 is 0.391. The van der Waals surface area contributed by atoms with Crippen molar-refractivity contribution in [2.75, 3.05) is 29.5 Å². The van der Waals surface area contributed by atoms with Gasteiger partial charge in [0.25, 0.3) is 0 Å². The van der Waals surface area contributed by atoms with Crippen molar-refractivity contribution in [2.24, 2.45) is 0 Å². The molecular weight excluding hydrogens is 218 g/mol. The number of nitrogens with zero attached hydrogens (tertiary/aromatic N) is 2. The Labute approximate surface area is 101 Å². The van der Waals surface area contributed by atoms with Crippen LogP contribution in [0.5, 0.6) is 0 Å². The lowest BCUT2D eigenvalue weighted by Crippen LogP contribution is -2.27. The van der Waals surface area contributed by atoms with E-state index in [1.807, 2.05) is 12.3 Å². The number of rotatable bonds is 1. The second-order valence-corrected chi connectivity index (χ2v) is 6.62. The van der Waals surface area contributed by atoms with Gasteiger partial charge >= 0.3 is 0 Å².